The molecule has 0 bridgehead atoms. The van der Waals surface area contributed by atoms with E-state index in [1.54, 1.807) is 6.26 Å². The Bertz CT molecular complexity index is 533. The van der Waals surface area contributed by atoms with E-state index in [2.05, 4.69) is 31.2 Å². The summed E-state index contributed by atoms with van der Waals surface area (Å²) < 4.78 is 5.16. The molecule has 1 heterocycles. The Morgan fingerprint density at radius 2 is 2.19 bits per heavy atom. The third-order valence-corrected chi connectivity index (χ3v) is 3.25. The number of benzene rings is 1. The number of rotatable bonds is 2. The van der Waals surface area contributed by atoms with Gasteiger partial charge in [-0.2, -0.15) is 0 Å². The number of hydrogen-bond acceptors (Lipinski definition) is 1. The zero-order valence-corrected chi connectivity index (χ0v) is 9.36. The molecule has 1 aliphatic rings. The predicted octanol–water partition coefficient (Wildman–Crippen LogP) is 4.30. The minimum Gasteiger partial charge on any atom is -0.472 e. The average Bonchev–Trinajstić information content (AvgIpc) is 2.97. The molecule has 0 atom stereocenters. The van der Waals surface area contributed by atoms with Gasteiger partial charge in [-0.05, 0) is 35.6 Å². The molecule has 2 aromatic rings. The maximum absolute atomic E-state index is 5.16. The molecule has 16 heavy (non-hydrogen) atoms. The van der Waals surface area contributed by atoms with Gasteiger partial charge >= 0.3 is 0 Å². The Labute approximate surface area is 95.4 Å². The molecule has 0 radical (unpaired) electrons. The Morgan fingerprint density at radius 3 is 2.94 bits per heavy atom. The zero-order chi connectivity index (χ0) is 11.0. The molecule has 0 saturated heterocycles. The molecule has 1 aliphatic carbocycles. The van der Waals surface area contributed by atoms with Crippen LogP contribution in [0.25, 0.3) is 17.2 Å². The van der Waals surface area contributed by atoms with Crippen molar-refractivity contribution in [3.63, 3.8) is 0 Å². The van der Waals surface area contributed by atoms with Crippen molar-refractivity contribution >= 4 is 6.08 Å². The first-order valence-corrected chi connectivity index (χ1v) is 5.72. The summed E-state index contributed by atoms with van der Waals surface area (Å²) in [5, 5.41) is 0. The highest BCUT2D eigenvalue weighted by Crippen LogP contribution is 2.34. The van der Waals surface area contributed by atoms with Gasteiger partial charge in [0.25, 0.3) is 0 Å². The largest absolute Gasteiger partial charge is 0.472 e. The first-order chi connectivity index (χ1) is 7.88. The molecule has 1 heteroatoms. The summed E-state index contributed by atoms with van der Waals surface area (Å²) in [7, 11) is 0. The van der Waals surface area contributed by atoms with Gasteiger partial charge in [0, 0.05) is 5.56 Å². The van der Waals surface area contributed by atoms with E-state index in [1.165, 1.54) is 27.8 Å². The van der Waals surface area contributed by atoms with Crippen LogP contribution < -0.4 is 0 Å². The van der Waals surface area contributed by atoms with Gasteiger partial charge < -0.3 is 4.42 Å². The molecule has 1 aromatic heterocycles. The predicted molar refractivity (Wildman–Crippen MR) is 66.1 cm³/mol. The van der Waals surface area contributed by atoms with Crippen LogP contribution >= 0.6 is 0 Å². The van der Waals surface area contributed by atoms with E-state index in [0.29, 0.717) is 0 Å². The van der Waals surface area contributed by atoms with Crippen LogP contribution in [-0.2, 0) is 6.42 Å². The average molecular weight is 210 g/mol. The van der Waals surface area contributed by atoms with E-state index in [9.17, 15) is 0 Å². The van der Waals surface area contributed by atoms with Gasteiger partial charge in [-0.15, -0.1) is 0 Å². The number of furan rings is 1. The quantitative estimate of drug-likeness (QED) is 0.720. The summed E-state index contributed by atoms with van der Waals surface area (Å²) in [6.07, 6.45) is 8.12. The SMILES string of the molecule is CCC1=Cc2c(cccc2-c2ccoc2)C1. The fourth-order valence-electron chi connectivity index (χ4n) is 2.33. The summed E-state index contributed by atoms with van der Waals surface area (Å²) in [5.41, 5.74) is 6.79. The summed E-state index contributed by atoms with van der Waals surface area (Å²) in [6.45, 7) is 2.22. The van der Waals surface area contributed by atoms with Crippen molar-refractivity contribution in [2.45, 2.75) is 19.8 Å². The lowest BCUT2D eigenvalue weighted by Gasteiger charge is -2.04. The molecule has 0 aliphatic heterocycles. The van der Waals surface area contributed by atoms with Crippen molar-refractivity contribution in [3.8, 4) is 11.1 Å². The van der Waals surface area contributed by atoms with Crippen molar-refractivity contribution in [1.82, 2.24) is 0 Å². The molecule has 80 valence electrons. The van der Waals surface area contributed by atoms with Gasteiger partial charge in [-0.25, -0.2) is 0 Å². The molecule has 0 fully saturated rings. The van der Waals surface area contributed by atoms with E-state index in [4.69, 9.17) is 4.42 Å². The van der Waals surface area contributed by atoms with Gasteiger partial charge in [0.1, 0.15) is 0 Å². The van der Waals surface area contributed by atoms with E-state index < -0.39 is 0 Å². The lowest BCUT2D eigenvalue weighted by Crippen LogP contribution is -1.86. The first kappa shape index (κ1) is 9.46. The van der Waals surface area contributed by atoms with Crippen LogP contribution in [0.4, 0.5) is 0 Å². The molecule has 3 rings (SSSR count). The fourth-order valence-corrected chi connectivity index (χ4v) is 2.33. The van der Waals surface area contributed by atoms with Gasteiger partial charge in [-0.3, -0.25) is 0 Å². The van der Waals surface area contributed by atoms with Crippen molar-refractivity contribution in [1.29, 1.82) is 0 Å². The van der Waals surface area contributed by atoms with E-state index in [1.807, 2.05) is 12.3 Å². The Hall–Kier alpha value is -1.76. The molecule has 0 unspecified atom stereocenters. The highest BCUT2D eigenvalue weighted by Gasteiger charge is 2.15. The van der Waals surface area contributed by atoms with Gasteiger partial charge in [0.05, 0.1) is 12.5 Å². The monoisotopic (exact) mass is 210 g/mol. The molecule has 0 amide bonds. The van der Waals surface area contributed by atoms with Gasteiger partial charge in [0.2, 0.25) is 0 Å². The topological polar surface area (TPSA) is 13.1 Å². The van der Waals surface area contributed by atoms with Crippen LogP contribution in [0.2, 0.25) is 0 Å². The summed E-state index contributed by atoms with van der Waals surface area (Å²) in [6, 6.07) is 8.54. The third kappa shape index (κ3) is 1.40. The Morgan fingerprint density at radius 1 is 1.25 bits per heavy atom. The maximum Gasteiger partial charge on any atom is 0.0981 e. The van der Waals surface area contributed by atoms with Crippen molar-refractivity contribution in [2.24, 2.45) is 0 Å². The molecule has 0 N–H and O–H groups in total. The molecule has 1 aromatic carbocycles. The van der Waals surface area contributed by atoms with Crippen molar-refractivity contribution < 1.29 is 4.42 Å². The van der Waals surface area contributed by atoms with Crippen molar-refractivity contribution in [2.75, 3.05) is 0 Å². The van der Waals surface area contributed by atoms with Crippen LogP contribution in [0.1, 0.15) is 24.5 Å². The van der Waals surface area contributed by atoms with E-state index in [-0.39, 0.29) is 0 Å². The molecule has 0 spiro atoms. The van der Waals surface area contributed by atoms with E-state index >= 15 is 0 Å². The number of fused-ring (bicyclic) bond motifs is 1. The second-order valence-electron chi connectivity index (χ2n) is 4.22. The number of allylic oxidation sites excluding steroid dienone is 1. The van der Waals surface area contributed by atoms with Crippen LogP contribution in [0.5, 0.6) is 0 Å². The van der Waals surface area contributed by atoms with Gasteiger partial charge in [-0.1, -0.05) is 36.8 Å². The molecular formula is C15H14O. The van der Waals surface area contributed by atoms with Crippen LogP contribution in [0.3, 0.4) is 0 Å². The molecule has 1 nitrogen and oxygen atoms in total. The lowest BCUT2D eigenvalue weighted by molar-refractivity contribution is 0.568. The van der Waals surface area contributed by atoms with Gasteiger partial charge in [0.15, 0.2) is 0 Å². The Balaban J connectivity index is 2.15. The maximum atomic E-state index is 5.16. The van der Waals surface area contributed by atoms with Crippen LogP contribution in [0.15, 0.2) is 46.8 Å². The molecular weight excluding hydrogens is 196 g/mol. The zero-order valence-electron chi connectivity index (χ0n) is 9.36. The summed E-state index contributed by atoms with van der Waals surface area (Å²) >= 11 is 0. The standard InChI is InChI=1S/C15H14O/c1-2-11-8-12-4-3-5-14(15(12)9-11)13-6-7-16-10-13/h3-7,9-10H,2,8H2,1H3. The summed E-state index contributed by atoms with van der Waals surface area (Å²) in [5.74, 6) is 0. The molecule has 0 saturated carbocycles. The second kappa shape index (κ2) is 3.67. The van der Waals surface area contributed by atoms with Crippen molar-refractivity contribution in [3.05, 3.63) is 53.5 Å². The Kier molecular flexibility index (Phi) is 2.17. The van der Waals surface area contributed by atoms with E-state index in [0.717, 1.165) is 12.8 Å². The second-order valence-corrected chi connectivity index (χ2v) is 4.22. The first-order valence-electron chi connectivity index (χ1n) is 5.72. The lowest BCUT2D eigenvalue weighted by atomic mass is 9.99. The smallest absolute Gasteiger partial charge is 0.0981 e. The highest BCUT2D eigenvalue weighted by molar-refractivity contribution is 5.80. The number of hydrogen-bond donors (Lipinski definition) is 0. The van der Waals surface area contributed by atoms with Crippen LogP contribution in [-0.4, -0.2) is 0 Å². The minimum atomic E-state index is 1.11. The highest BCUT2D eigenvalue weighted by atomic mass is 16.3. The van der Waals surface area contributed by atoms with Crippen LogP contribution in [0, 0.1) is 0 Å². The minimum absolute atomic E-state index is 1.11. The normalized spacial score (nSPS) is 13.7. The fraction of sp³-hybridized carbons (Fsp3) is 0.200. The third-order valence-electron chi connectivity index (χ3n) is 3.25. The summed E-state index contributed by atoms with van der Waals surface area (Å²) in [4.78, 5) is 0.